The molecule has 6 nitrogen and oxygen atoms in total. The van der Waals surface area contributed by atoms with Crippen LogP contribution < -0.4 is 0 Å². The molecule has 17 heavy (non-hydrogen) atoms. The van der Waals surface area contributed by atoms with E-state index in [0.29, 0.717) is 0 Å². The molecule has 0 saturated carbocycles. The molecule has 2 rings (SSSR count). The molecule has 0 bridgehead atoms. The summed E-state index contributed by atoms with van der Waals surface area (Å²) in [6, 6.07) is 1.42. The maximum Gasteiger partial charge on any atom is 0.375 e. The normalized spacial score (nSPS) is 10.2. The van der Waals surface area contributed by atoms with Crippen molar-refractivity contribution in [2.45, 2.75) is 6.92 Å². The van der Waals surface area contributed by atoms with Gasteiger partial charge in [0.2, 0.25) is 5.82 Å². The molecule has 0 fully saturated rings. The molecule has 0 radical (unpaired) electrons. The Morgan fingerprint density at radius 3 is 3.12 bits per heavy atom. The molecular weight excluding hydrogens is 227 g/mol. The van der Waals surface area contributed by atoms with Gasteiger partial charge in [-0.05, 0) is 13.0 Å². The molecule has 0 aliphatic carbocycles. The van der Waals surface area contributed by atoms with Crippen LogP contribution in [0.3, 0.4) is 0 Å². The fourth-order valence-electron chi connectivity index (χ4n) is 1.23. The van der Waals surface area contributed by atoms with Crippen LogP contribution in [0.2, 0.25) is 0 Å². The maximum absolute atomic E-state index is 13.4. The summed E-state index contributed by atoms with van der Waals surface area (Å²) in [5.74, 6) is -1.14. The Balaban J connectivity index is 2.30. The summed E-state index contributed by atoms with van der Waals surface area (Å²) in [5.41, 5.74) is 0.173. The molecule has 0 saturated heterocycles. The number of H-pyrrole nitrogens is 1. The third-order valence-electron chi connectivity index (χ3n) is 1.97. The van der Waals surface area contributed by atoms with Gasteiger partial charge in [0.15, 0.2) is 11.6 Å². The third kappa shape index (κ3) is 2.27. The smallest absolute Gasteiger partial charge is 0.375 e. The van der Waals surface area contributed by atoms with Crippen LogP contribution in [0.4, 0.5) is 4.39 Å². The predicted molar refractivity (Wildman–Crippen MR) is 55.5 cm³/mol. The van der Waals surface area contributed by atoms with E-state index in [0.717, 1.165) is 6.20 Å². The number of hydrogen-bond donors (Lipinski definition) is 1. The number of esters is 1. The lowest BCUT2D eigenvalue weighted by molar-refractivity contribution is 0.0512. The first kappa shape index (κ1) is 11.2. The second-order valence-electron chi connectivity index (χ2n) is 3.08. The number of carbonyl (C=O) groups excluding carboxylic acids is 1. The van der Waals surface area contributed by atoms with E-state index in [2.05, 4.69) is 20.2 Å². The average molecular weight is 236 g/mol. The number of hydrogen-bond acceptors (Lipinski definition) is 5. The van der Waals surface area contributed by atoms with Crippen LogP contribution in [0.1, 0.15) is 17.5 Å². The summed E-state index contributed by atoms with van der Waals surface area (Å²) in [6.07, 6.45) is 2.47. The first-order valence-corrected chi connectivity index (χ1v) is 4.91. The highest BCUT2D eigenvalue weighted by Crippen LogP contribution is 2.17. The van der Waals surface area contributed by atoms with Gasteiger partial charge in [0.05, 0.1) is 18.4 Å². The van der Waals surface area contributed by atoms with Crippen molar-refractivity contribution in [2.24, 2.45) is 0 Å². The van der Waals surface area contributed by atoms with Crippen molar-refractivity contribution in [1.29, 1.82) is 0 Å². The molecule has 0 aliphatic heterocycles. The van der Waals surface area contributed by atoms with Gasteiger partial charge < -0.3 is 4.74 Å². The maximum atomic E-state index is 13.4. The van der Waals surface area contributed by atoms with Gasteiger partial charge in [0.25, 0.3) is 0 Å². The number of rotatable bonds is 3. The number of carbonyl (C=O) groups is 1. The Morgan fingerprint density at radius 2 is 2.41 bits per heavy atom. The minimum Gasteiger partial charge on any atom is -0.460 e. The summed E-state index contributed by atoms with van der Waals surface area (Å²) in [6.45, 7) is 1.91. The van der Waals surface area contributed by atoms with E-state index in [1.54, 1.807) is 6.92 Å². The Labute approximate surface area is 95.9 Å². The quantitative estimate of drug-likeness (QED) is 0.809. The lowest BCUT2D eigenvalue weighted by Gasteiger charge is -1.96. The third-order valence-corrected chi connectivity index (χ3v) is 1.97. The fraction of sp³-hybridized carbons (Fsp3) is 0.200. The number of ether oxygens (including phenoxy) is 1. The molecule has 88 valence electrons. The van der Waals surface area contributed by atoms with Gasteiger partial charge >= 0.3 is 5.97 Å². The van der Waals surface area contributed by atoms with Crippen molar-refractivity contribution in [3.8, 4) is 11.4 Å². The van der Waals surface area contributed by atoms with Gasteiger partial charge in [-0.1, -0.05) is 0 Å². The lowest BCUT2D eigenvalue weighted by atomic mass is 10.2. The van der Waals surface area contributed by atoms with E-state index in [-0.39, 0.29) is 23.8 Å². The van der Waals surface area contributed by atoms with Gasteiger partial charge in [-0.2, -0.15) is 5.10 Å². The molecule has 0 amide bonds. The van der Waals surface area contributed by atoms with E-state index < -0.39 is 11.8 Å². The molecule has 2 aromatic rings. The lowest BCUT2D eigenvalue weighted by Crippen LogP contribution is -2.06. The van der Waals surface area contributed by atoms with Crippen LogP contribution in [-0.2, 0) is 4.74 Å². The first-order chi connectivity index (χ1) is 8.22. The number of nitrogens with zero attached hydrogens (tertiary/aromatic N) is 3. The second kappa shape index (κ2) is 4.69. The van der Waals surface area contributed by atoms with Crippen molar-refractivity contribution >= 4 is 5.97 Å². The number of nitrogens with one attached hydrogen (secondary N) is 1. The number of halogens is 1. The summed E-state index contributed by atoms with van der Waals surface area (Å²) < 4.78 is 18.1. The molecule has 0 unspecified atom stereocenters. The zero-order chi connectivity index (χ0) is 12.3. The molecule has 2 heterocycles. The minimum absolute atomic E-state index is 0.0573. The number of aromatic nitrogens is 4. The Morgan fingerprint density at radius 1 is 1.59 bits per heavy atom. The Bertz CT molecular complexity index is 541. The van der Waals surface area contributed by atoms with Gasteiger partial charge in [-0.25, -0.2) is 14.2 Å². The number of aromatic amines is 1. The molecule has 0 aliphatic rings. The molecule has 7 heteroatoms. The summed E-state index contributed by atoms with van der Waals surface area (Å²) in [4.78, 5) is 18.8. The van der Waals surface area contributed by atoms with E-state index in [4.69, 9.17) is 4.74 Å². The van der Waals surface area contributed by atoms with Crippen LogP contribution in [0.25, 0.3) is 11.4 Å². The highest BCUT2D eigenvalue weighted by Gasteiger charge is 2.15. The van der Waals surface area contributed by atoms with Crippen molar-refractivity contribution < 1.29 is 13.9 Å². The van der Waals surface area contributed by atoms with Crippen LogP contribution in [0, 0.1) is 5.82 Å². The molecule has 1 N–H and O–H groups in total. The van der Waals surface area contributed by atoms with Crippen molar-refractivity contribution in [2.75, 3.05) is 6.61 Å². The van der Waals surface area contributed by atoms with E-state index >= 15 is 0 Å². The predicted octanol–water partition coefficient (Wildman–Crippen LogP) is 1.18. The Hall–Kier alpha value is -2.31. The highest BCUT2D eigenvalue weighted by atomic mass is 19.1. The van der Waals surface area contributed by atoms with Gasteiger partial charge in [0.1, 0.15) is 0 Å². The fourth-order valence-corrected chi connectivity index (χ4v) is 1.23. The zero-order valence-electron chi connectivity index (χ0n) is 8.98. The van der Waals surface area contributed by atoms with Gasteiger partial charge in [0, 0.05) is 6.20 Å². The van der Waals surface area contributed by atoms with Crippen LogP contribution in [-0.4, -0.2) is 32.7 Å². The first-order valence-electron chi connectivity index (χ1n) is 4.91. The summed E-state index contributed by atoms with van der Waals surface area (Å²) in [7, 11) is 0. The minimum atomic E-state index is -0.624. The largest absolute Gasteiger partial charge is 0.460 e. The topological polar surface area (TPSA) is 80.8 Å². The zero-order valence-corrected chi connectivity index (χ0v) is 8.98. The van der Waals surface area contributed by atoms with Gasteiger partial charge in [-0.3, -0.25) is 10.1 Å². The van der Waals surface area contributed by atoms with Crippen molar-refractivity contribution in [3.05, 3.63) is 30.1 Å². The monoisotopic (exact) mass is 236 g/mol. The van der Waals surface area contributed by atoms with E-state index in [9.17, 15) is 9.18 Å². The molecular formula is C10H9FN4O2. The Kier molecular flexibility index (Phi) is 3.08. The van der Waals surface area contributed by atoms with E-state index in [1.165, 1.54) is 12.3 Å². The van der Waals surface area contributed by atoms with Gasteiger partial charge in [-0.15, -0.1) is 0 Å². The molecule has 2 aromatic heterocycles. The SMILES string of the molecule is CCOC(=O)c1nc(-c2ccncc2F)n[nH]1. The summed E-state index contributed by atoms with van der Waals surface area (Å²) >= 11 is 0. The second-order valence-corrected chi connectivity index (χ2v) is 3.08. The average Bonchev–Trinajstić information content (AvgIpc) is 2.79. The van der Waals surface area contributed by atoms with E-state index in [1.807, 2.05) is 0 Å². The standard InChI is InChI=1S/C10H9FN4O2/c1-2-17-10(16)9-13-8(14-15-9)6-3-4-12-5-7(6)11/h3-5H,2H2,1H3,(H,13,14,15). The van der Waals surface area contributed by atoms with Crippen LogP contribution in [0.5, 0.6) is 0 Å². The van der Waals surface area contributed by atoms with Crippen LogP contribution >= 0.6 is 0 Å². The molecule has 0 spiro atoms. The number of pyridine rings is 1. The van der Waals surface area contributed by atoms with Crippen molar-refractivity contribution in [1.82, 2.24) is 20.2 Å². The summed E-state index contributed by atoms with van der Waals surface area (Å²) in [5, 5.41) is 6.14. The molecule has 0 aromatic carbocycles. The van der Waals surface area contributed by atoms with Crippen LogP contribution in [0.15, 0.2) is 18.5 Å². The van der Waals surface area contributed by atoms with Crippen molar-refractivity contribution in [3.63, 3.8) is 0 Å². The highest BCUT2D eigenvalue weighted by molar-refractivity contribution is 5.85. The molecule has 0 atom stereocenters.